The average molecular weight is 424 g/mol. The summed E-state index contributed by atoms with van der Waals surface area (Å²) in [6.45, 7) is 3.78. The van der Waals surface area contributed by atoms with Gasteiger partial charge in [-0.05, 0) is 25.0 Å². The molecular formula is C21H24B2ClN3O3. The fraction of sp³-hybridized carbons (Fsp3) is 0.381. The van der Waals surface area contributed by atoms with Gasteiger partial charge in [0.25, 0.3) is 5.91 Å². The Kier molecular flexibility index (Phi) is 7.01. The Labute approximate surface area is 184 Å². The molecule has 1 amide bonds. The summed E-state index contributed by atoms with van der Waals surface area (Å²) >= 11 is 6.24. The van der Waals surface area contributed by atoms with Gasteiger partial charge in [-0.2, -0.15) is 0 Å². The topological polar surface area (TPSA) is 73.8 Å². The molecule has 1 saturated heterocycles. The van der Waals surface area contributed by atoms with Crippen LogP contribution < -0.4 is 15.4 Å². The minimum atomic E-state index is -2.43. The lowest BCUT2D eigenvalue weighted by molar-refractivity contribution is 0.0122. The molecule has 154 valence electrons. The Balaban J connectivity index is 1.74. The first-order chi connectivity index (χ1) is 14.2. The van der Waals surface area contributed by atoms with Gasteiger partial charge in [-0.25, -0.2) is 0 Å². The van der Waals surface area contributed by atoms with Crippen molar-refractivity contribution >= 4 is 38.9 Å². The summed E-state index contributed by atoms with van der Waals surface area (Å²) in [6.07, 6.45) is 0.815. The molecule has 1 heterocycles. The van der Waals surface area contributed by atoms with Crippen molar-refractivity contribution < 1.29 is 14.6 Å². The Morgan fingerprint density at radius 1 is 1.33 bits per heavy atom. The van der Waals surface area contributed by atoms with Gasteiger partial charge in [0, 0.05) is 38.3 Å². The molecule has 0 aliphatic carbocycles. The monoisotopic (exact) mass is 423 g/mol. The molecule has 2 aromatic rings. The van der Waals surface area contributed by atoms with Gasteiger partial charge < -0.3 is 20.5 Å². The van der Waals surface area contributed by atoms with Crippen molar-refractivity contribution in [3.05, 3.63) is 58.6 Å². The number of amides is 1. The lowest BCUT2D eigenvalue weighted by Gasteiger charge is -2.27. The van der Waals surface area contributed by atoms with E-state index in [9.17, 15) is 9.90 Å². The summed E-state index contributed by atoms with van der Waals surface area (Å²) < 4.78 is 5.18. The number of ether oxygens (including phenoxy) is 1. The van der Waals surface area contributed by atoms with Crippen molar-refractivity contribution in [1.82, 2.24) is 10.2 Å². The molecule has 2 atom stereocenters. The summed E-state index contributed by atoms with van der Waals surface area (Å²) in [5.41, 5.74) is -0.550. The normalized spacial score (nSPS) is 19.5. The molecule has 4 radical (unpaired) electrons. The number of aliphatic hydroxyl groups is 1. The quantitative estimate of drug-likeness (QED) is 0.470. The number of carbonyl (C=O) groups excluding carboxylic acids is 1. The third-order valence-corrected chi connectivity index (χ3v) is 5.60. The van der Waals surface area contributed by atoms with E-state index in [1.165, 1.54) is 17.7 Å². The van der Waals surface area contributed by atoms with E-state index in [-0.39, 0.29) is 29.3 Å². The second-order valence-corrected chi connectivity index (χ2v) is 7.90. The largest absolute Gasteiger partial charge is 0.481 e. The van der Waals surface area contributed by atoms with Gasteiger partial charge in [-0.15, -0.1) is 0 Å². The number of nitrogens with zero attached hydrogens (tertiary/aromatic N) is 1. The van der Waals surface area contributed by atoms with Gasteiger partial charge in [0.05, 0.1) is 16.3 Å². The van der Waals surface area contributed by atoms with Crippen molar-refractivity contribution in [1.29, 1.82) is 0 Å². The van der Waals surface area contributed by atoms with Crippen LogP contribution in [-0.4, -0.2) is 62.9 Å². The summed E-state index contributed by atoms with van der Waals surface area (Å²) in [4.78, 5) is 15.3. The Bertz CT molecular complexity index is 893. The van der Waals surface area contributed by atoms with Crippen molar-refractivity contribution in [2.45, 2.75) is 37.6 Å². The molecule has 30 heavy (non-hydrogen) atoms. The minimum Gasteiger partial charge on any atom is -0.481 e. The van der Waals surface area contributed by atoms with E-state index < -0.39 is 5.59 Å². The number of nitrogens with one attached hydrogen (secondary N) is 2. The molecule has 2 aromatic carbocycles. The predicted octanol–water partition coefficient (Wildman–Crippen LogP) is 2.09. The molecule has 1 aliphatic rings. The number of anilines is 1. The summed E-state index contributed by atoms with van der Waals surface area (Å²) in [5.74, 6) is -0.349. The number of carbonyl (C=O) groups is 1. The second-order valence-electron chi connectivity index (χ2n) is 7.50. The standard InChI is InChI=1S/C21H24B2ClN3O3/c1-13-17(8-9-27(13)12-14-6-4-3-5-7-14)26-20(28)15-10-16(24)18(25-2)11-19(15)30-21(22,23)29/h3-7,10-11,13,17,25,29H,8-9,12H2,1-2H3,(H,26,28)/t13-,17-/m1/s1. The van der Waals surface area contributed by atoms with Gasteiger partial charge in [0.15, 0.2) is 15.7 Å². The van der Waals surface area contributed by atoms with Gasteiger partial charge in [0.2, 0.25) is 0 Å². The van der Waals surface area contributed by atoms with Crippen LogP contribution in [0.25, 0.3) is 0 Å². The molecule has 0 bridgehead atoms. The molecule has 3 N–H and O–H groups in total. The van der Waals surface area contributed by atoms with Gasteiger partial charge in [-0.1, -0.05) is 41.9 Å². The zero-order valence-electron chi connectivity index (χ0n) is 17.1. The van der Waals surface area contributed by atoms with Crippen LogP contribution in [0.1, 0.15) is 29.3 Å². The molecule has 6 nitrogen and oxygen atoms in total. The van der Waals surface area contributed by atoms with Crippen LogP contribution >= 0.6 is 11.6 Å². The zero-order valence-corrected chi connectivity index (χ0v) is 17.8. The minimum absolute atomic E-state index is 0.0283. The van der Waals surface area contributed by atoms with E-state index in [0.29, 0.717) is 10.7 Å². The van der Waals surface area contributed by atoms with Crippen LogP contribution in [0.4, 0.5) is 5.69 Å². The fourth-order valence-electron chi connectivity index (χ4n) is 3.67. The Morgan fingerprint density at radius 3 is 2.67 bits per heavy atom. The fourth-order valence-corrected chi connectivity index (χ4v) is 3.93. The van der Waals surface area contributed by atoms with Crippen LogP contribution in [0.15, 0.2) is 42.5 Å². The molecule has 0 aromatic heterocycles. The van der Waals surface area contributed by atoms with Crippen molar-refractivity contribution in [3.8, 4) is 5.75 Å². The second kappa shape index (κ2) is 9.33. The van der Waals surface area contributed by atoms with E-state index >= 15 is 0 Å². The number of hydrogen-bond acceptors (Lipinski definition) is 5. The highest BCUT2D eigenvalue weighted by molar-refractivity contribution is 6.37. The molecule has 0 unspecified atom stereocenters. The van der Waals surface area contributed by atoms with E-state index in [2.05, 4.69) is 34.6 Å². The number of hydrogen-bond donors (Lipinski definition) is 3. The van der Waals surface area contributed by atoms with Crippen LogP contribution in [0.2, 0.25) is 5.02 Å². The van der Waals surface area contributed by atoms with Gasteiger partial charge >= 0.3 is 0 Å². The smallest absolute Gasteiger partial charge is 0.255 e. The van der Waals surface area contributed by atoms with Crippen LogP contribution in [0.5, 0.6) is 5.75 Å². The lowest BCUT2D eigenvalue weighted by Crippen LogP contribution is -2.43. The molecule has 0 saturated carbocycles. The van der Waals surface area contributed by atoms with Crippen LogP contribution in [0.3, 0.4) is 0 Å². The maximum Gasteiger partial charge on any atom is 0.255 e. The maximum atomic E-state index is 13.0. The average Bonchev–Trinajstić information content (AvgIpc) is 3.02. The van der Waals surface area contributed by atoms with E-state index in [4.69, 9.17) is 32.0 Å². The van der Waals surface area contributed by atoms with Crippen LogP contribution in [0, 0.1) is 0 Å². The molecule has 3 rings (SSSR count). The van der Waals surface area contributed by atoms with E-state index in [0.717, 1.165) is 19.5 Å². The number of likely N-dealkylation sites (tertiary alicyclic amines) is 1. The highest BCUT2D eigenvalue weighted by Crippen LogP contribution is 2.32. The third-order valence-electron chi connectivity index (χ3n) is 5.29. The molecule has 1 aliphatic heterocycles. The highest BCUT2D eigenvalue weighted by Gasteiger charge is 2.32. The van der Waals surface area contributed by atoms with Crippen LogP contribution in [-0.2, 0) is 6.54 Å². The molecule has 1 fully saturated rings. The first-order valence-corrected chi connectivity index (χ1v) is 10.1. The Hall–Kier alpha value is -2.15. The number of benzene rings is 2. The number of rotatable bonds is 7. The van der Waals surface area contributed by atoms with Gasteiger partial charge in [-0.3, -0.25) is 9.69 Å². The van der Waals surface area contributed by atoms with E-state index in [1.807, 2.05) is 18.2 Å². The summed E-state index contributed by atoms with van der Waals surface area (Å²) in [6, 6.07) is 13.2. The lowest BCUT2D eigenvalue weighted by atomic mass is 9.76. The van der Waals surface area contributed by atoms with E-state index in [1.54, 1.807) is 7.05 Å². The summed E-state index contributed by atoms with van der Waals surface area (Å²) in [7, 11) is 12.4. The molecular weight excluding hydrogens is 399 g/mol. The Morgan fingerprint density at radius 2 is 2.03 bits per heavy atom. The predicted molar refractivity (Wildman–Crippen MR) is 120 cm³/mol. The number of halogens is 1. The van der Waals surface area contributed by atoms with Crippen molar-refractivity contribution in [2.75, 3.05) is 18.9 Å². The zero-order chi connectivity index (χ0) is 21.9. The van der Waals surface area contributed by atoms with Crippen molar-refractivity contribution in [3.63, 3.8) is 0 Å². The first-order valence-electron chi connectivity index (χ1n) is 9.77. The third kappa shape index (κ3) is 5.50. The molecule has 9 heteroatoms. The van der Waals surface area contributed by atoms with Crippen molar-refractivity contribution in [2.24, 2.45) is 0 Å². The maximum absolute atomic E-state index is 13.0. The summed E-state index contributed by atoms with van der Waals surface area (Å²) in [5, 5.41) is 15.9. The van der Waals surface area contributed by atoms with Gasteiger partial charge in [0.1, 0.15) is 11.3 Å². The first kappa shape index (κ1) is 22.5. The molecule has 0 spiro atoms. The highest BCUT2D eigenvalue weighted by atomic mass is 35.5. The SMILES string of the molecule is [B]C([B])(O)Oc1cc(NC)c(Cl)cc1C(=O)N[C@@H]1CCN(Cc2ccccc2)[C@@H]1C.